The predicted molar refractivity (Wildman–Crippen MR) is 85.2 cm³/mol. The number of aromatic hydroxyl groups is 1. The first kappa shape index (κ1) is 15.6. The predicted octanol–water partition coefficient (Wildman–Crippen LogP) is 2.26. The van der Waals surface area contributed by atoms with Gasteiger partial charge in [-0.25, -0.2) is 4.98 Å². The van der Waals surface area contributed by atoms with Crippen molar-refractivity contribution in [3.63, 3.8) is 0 Å². The van der Waals surface area contributed by atoms with Gasteiger partial charge in [0, 0.05) is 25.5 Å². The van der Waals surface area contributed by atoms with Crippen LogP contribution in [0.5, 0.6) is 5.75 Å². The number of benzene rings is 1. The highest BCUT2D eigenvalue weighted by Gasteiger charge is 2.32. The van der Waals surface area contributed by atoms with E-state index >= 15 is 0 Å². The minimum atomic E-state index is -0.293. The van der Waals surface area contributed by atoms with Crippen molar-refractivity contribution in [3.8, 4) is 5.75 Å². The fraction of sp³-hybridized carbons (Fsp3) is 0.412. The van der Waals surface area contributed by atoms with Crippen LogP contribution in [0.4, 0.5) is 0 Å². The first-order chi connectivity index (χ1) is 11.2. The molecular weight excluding hydrogens is 294 g/mol. The van der Waals surface area contributed by atoms with Crippen molar-refractivity contribution >= 4 is 5.91 Å². The molecule has 2 heterocycles. The van der Waals surface area contributed by atoms with Gasteiger partial charge in [0.1, 0.15) is 17.7 Å². The number of aromatic nitrogens is 2. The number of hydrogen-bond acceptors (Lipinski definition) is 4. The lowest BCUT2D eigenvalue weighted by Crippen LogP contribution is -2.43. The molecule has 0 bridgehead atoms. The number of ether oxygens (including phenoxy) is 1. The van der Waals surface area contributed by atoms with Crippen LogP contribution >= 0.6 is 0 Å². The second kappa shape index (κ2) is 6.83. The summed E-state index contributed by atoms with van der Waals surface area (Å²) < 4.78 is 7.91. The number of imidazole rings is 1. The van der Waals surface area contributed by atoms with Crippen LogP contribution in [-0.4, -0.2) is 33.2 Å². The highest BCUT2D eigenvalue weighted by Crippen LogP contribution is 2.28. The number of nitrogens with zero attached hydrogens (tertiary/aromatic N) is 2. The molecule has 0 radical (unpaired) electrons. The van der Waals surface area contributed by atoms with Crippen molar-refractivity contribution in [1.29, 1.82) is 0 Å². The standard InChI is InChI=1S/C17H21N3O3/c1-2-20-10-9-18-16(20)15-13(7-5-11-23-15)19-17(22)12-6-3-4-8-14(12)21/h3-4,6,8-10,13,15,21H,2,5,7,11H2,1H3,(H,19,22)/t13-,15-/m0/s1. The molecule has 2 aromatic rings. The Bertz CT molecular complexity index is 683. The van der Waals surface area contributed by atoms with Gasteiger partial charge < -0.3 is 19.7 Å². The SMILES string of the molecule is CCn1ccnc1[C@H]1OCCC[C@@H]1NC(=O)c1ccccc1O. The number of carbonyl (C=O) groups is 1. The number of amides is 1. The number of aryl methyl sites for hydroxylation is 1. The zero-order chi connectivity index (χ0) is 16.2. The summed E-state index contributed by atoms with van der Waals surface area (Å²) in [7, 11) is 0. The second-order valence-corrected chi connectivity index (χ2v) is 5.60. The van der Waals surface area contributed by atoms with Gasteiger partial charge in [0.25, 0.3) is 5.91 Å². The van der Waals surface area contributed by atoms with Gasteiger partial charge in [-0.1, -0.05) is 12.1 Å². The van der Waals surface area contributed by atoms with E-state index in [1.807, 2.05) is 17.7 Å². The summed E-state index contributed by atoms with van der Waals surface area (Å²) in [5.41, 5.74) is 0.274. The van der Waals surface area contributed by atoms with E-state index in [1.165, 1.54) is 6.07 Å². The Morgan fingerprint density at radius 3 is 3.09 bits per heavy atom. The Morgan fingerprint density at radius 1 is 1.48 bits per heavy atom. The van der Waals surface area contributed by atoms with Crippen molar-refractivity contribution in [2.75, 3.05) is 6.61 Å². The molecule has 2 atom stereocenters. The van der Waals surface area contributed by atoms with E-state index in [0.29, 0.717) is 6.61 Å². The molecule has 1 saturated heterocycles. The Morgan fingerprint density at radius 2 is 2.30 bits per heavy atom. The number of para-hydroxylation sites is 1. The van der Waals surface area contributed by atoms with Crippen molar-refractivity contribution in [1.82, 2.24) is 14.9 Å². The van der Waals surface area contributed by atoms with Gasteiger partial charge in [-0.3, -0.25) is 4.79 Å². The van der Waals surface area contributed by atoms with Gasteiger partial charge in [-0.2, -0.15) is 0 Å². The largest absolute Gasteiger partial charge is 0.507 e. The minimum Gasteiger partial charge on any atom is -0.507 e. The zero-order valence-corrected chi connectivity index (χ0v) is 13.1. The molecule has 6 nitrogen and oxygen atoms in total. The van der Waals surface area contributed by atoms with Crippen LogP contribution < -0.4 is 5.32 Å². The molecule has 122 valence electrons. The van der Waals surface area contributed by atoms with Crippen molar-refractivity contribution in [2.45, 2.75) is 38.5 Å². The van der Waals surface area contributed by atoms with E-state index in [0.717, 1.165) is 25.2 Å². The lowest BCUT2D eigenvalue weighted by Gasteiger charge is -2.32. The number of hydrogen-bond donors (Lipinski definition) is 2. The Labute approximate surface area is 135 Å². The van der Waals surface area contributed by atoms with E-state index in [1.54, 1.807) is 24.4 Å². The van der Waals surface area contributed by atoms with Crippen LogP contribution in [0.3, 0.4) is 0 Å². The summed E-state index contributed by atoms with van der Waals surface area (Å²) in [4.78, 5) is 16.8. The molecule has 1 aliphatic heterocycles. The third kappa shape index (κ3) is 3.22. The van der Waals surface area contributed by atoms with Crippen molar-refractivity contribution in [3.05, 3.63) is 48.0 Å². The smallest absolute Gasteiger partial charge is 0.255 e. The third-order valence-electron chi connectivity index (χ3n) is 4.13. The molecule has 1 fully saturated rings. The summed E-state index contributed by atoms with van der Waals surface area (Å²) >= 11 is 0. The fourth-order valence-electron chi connectivity index (χ4n) is 2.94. The minimum absolute atomic E-state index is 0.0201. The number of rotatable bonds is 4. The van der Waals surface area contributed by atoms with Gasteiger partial charge >= 0.3 is 0 Å². The average Bonchev–Trinajstić information content (AvgIpc) is 3.04. The second-order valence-electron chi connectivity index (χ2n) is 5.60. The quantitative estimate of drug-likeness (QED) is 0.907. The molecule has 1 aromatic carbocycles. The van der Waals surface area contributed by atoms with Gasteiger partial charge in [0.2, 0.25) is 0 Å². The van der Waals surface area contributed by atoms with Crippen LogP contribution in [0.1, 0.15) is 42.1 Å². The molecule has 23 heavy (non-hydrogen) atoms. The average molecular weight is 315 g/mol. The topological polar surface area (TPSA) is 76.4 Å². The van der Waals surface area contributed by atoms with E-state index in [9.17, 15) is 9.90 Å². The van der Waals surface area contributed by atoms with E-state index in [-0.39, 0.29) is 29.4 Å². The van der Waals surface area contributed by atoms with Crippen LogP contribution in [-0.2, 0) is 11.3 Å². The van der Waals surface area contributed by atoms with Gasteiger partial charge in [-0.05, 0) is 31.9 Å². The monoisotopic (exact) mass is 315 g/mol. The maximum absolute atomic E-state index is 12.4. The highest BCUT2D eigenvalue weighted by molar-refractivity contribution is 5.96. The maximum Gasteiger partial charge on any atom is 0.255 e. The van der Waals surface area contributed by atoms with E-state index < -0.39 is 0 Å². The summed E-state index contributed by atoms with van der Waals surface area (Å²) in [5.74, 6) is 0.515. The normalized spacial score (nSPS) is 21.1. The molecular formula is C17H21N3O3. The summed E-state index contributed by atoms with van der Waals surface area (Å²) in [6.07, 6.45) is 5.09. The van der Waals surface area contributed by atoms with Crippen molar-refractivity contribution < 1.29 is 14.6 Å². The molecule has 1 aliphatic rings. The van der Waals surface area contributed by atoms with E-state index in [2.05, 4.69) is 10.3 Å². The number of carbonyl (C=O) groups excluding carboxylic acids is 1. The van der Waals surface area contributed by atoms with Gasteiger partial charge in [0.05, 0.1) is 11.6 Å². The Hall–Kier alpha value is -2.34. The number of phenols is 1. The maximum atomic E-state index is 12.4. The van der Waals surface area contributed by atoms with Gasteiger partial charge in [-0.15, -0.1) is 0 Å². The molecule has 2 N–H and O–H groups in total. The molecule has 0 spiro atoms. The summed E-state index contributed by atoms with van der Waals surface area (Å²) in [6, 6.07) is 6.37. The molecule has 1 amide bonds. The molecule has 0 saturated carbocycles. The van der Waals surface area contributed by atoms with Crippen LogP contribution in [0.15, 0.2) is 36.7 Å². The van der Waals surface area contributed by atoms with Crippen LogP contribution in [0.25, 0.3) is 0 Å². The first-order valence-corrected chi connectivity index (χ1v) is 7.92. The lowest BCUT2D eigenvalue weighted by atomic mass is 10.0. The lowest BCUT2D eigenvalue weighted by molar-refractivity contribution is -0.0163. The third-order valence-corrected chi connectivity index (χ3v) is 4.13. The molecule has 3 rings (SSSR count). The van der Waals surface area contributed by atoms with E-state index in [4.69, 9.17) is 4.74 Å². The molecule has 0 unspecified atom stereocenters. The van der Waals surface area contributed by atoms with Gasteiger partial charge in [0.15, 0.2) is 0 Å². The molecule has 0 aliphatic carbocycles. The number of nitrogens with one attached hydrogen (secondary N) is 1. The van der Waals surface area contributed by atoms with Crippen LogP contribution in [0.2, 0.25) is 0 Å². The molecule has 1 aromatic heterocycles. The zero-order valence-electron chi connectivity index (χ0n) is 13.1. The molecule has 6 heteroatoms. The highest BCUT2D eigenvalue weighted by atomic mass is 16.5. The summed E-state index contributed by atoms with van der Waals surface area (Å²) in [5, 5.41) is 12.8. The number of phenolic OH excluding ortho intramolecular Hbond substituents is 1. The van der Waals surface area contributed by atoms with Crippen LogP contribution in [0, 0.1) is 0 Å². The Balaban J connectivity index is 1.80. The fourth-order valence-corrected chi connectivity index (χ4v) is 2.94. The van der Waals surface area contributed by atoms with Crippen molar-refractivity contribution in [2.24, 2.45) is 0 Å². The summed E-state index contributed by atoms with van der Waals surface area (Å²) in [6.45, 7) is 3.50. The Kier molecular flexibility index (Phi) is 4.62. The first-order valence-electron chi connectivity index (χ1n) is 7.92.